The zero-order chi connectivity index (χ0) is 21.1. The number of carbonyl (C=O) groups is 1. The van der Waals surface area contributed by atoms with E-state index in [4.69, 9.17) is 0 Å². The largest absolute Gasteiger partial charge is 0.346 e. The quantitative estimate of drug-likeness (QED) is 0.628. The van der Waals surface area contributed by atoms with Crippen LogP contribution in [-0.4, -0.2) is 17.4 Å². The summed E-state index contributed by atoms with van der Waals surface area (Å²) in [4.78, 5) is 15.2. The Morgan fingerprint density at radius 1 is 1.00 bits per heavy atom. The molecule has 4 rings (SSSR count). The van der Waals surface area contributed by atoms with Crippen LogP contribution in [0.4, 0.5) is 0 Å². The Labute approximate surface area is 179 Å². The van der Waals surface area contributed by atoms with Crippen molar-refractivity contribution in [1.29, 1.82) is 0 Å². The van der Waals surface area contributed by atoms with E-state index in [1.807, 2.05) is 19.1 Å². The lowest BCUT2D eigenvalue weighted by molar-refractivity contribution is 0.0940. The van der Waals surface area contributed by atoms with E-state index < -0.39 is 0 Å². The topological polar surface area (TPSA) is 32.3 Å². The van der Waals surface area contributed by atoms with E-state index in [1.165, 1.54) is 33.4 Å². The molecule has 3 aromatic rings. The molecule has 154 valence electrons. The smallest absolute Gasteiger partial charge is 0.251 e. The fraction of sp³-hybridized carbons (Fsp3) is 0.296. The minimum atomic E-state index is -0.0261. The Balaban J connectivity index is 1.37. The van der Waals surface area contributed by atoms with Crippen LogP contribution in [0.3, 0.4) is 0 Å². The zero-order valence-corrected chi connectivity index (χ0v) is 18.1. The predicted molar refractivity (Wildman–Crippen MR) is 122 cm³/mol. The van der Waals surface area contributed by atoms with Gasteiger partial charge in [-0.3, -0.25) is 9.69 Å². The lowest BCUT2D eigenvalue weighted by Crippen LogP contribution is -2.30. The molecule has 0 spiro atoms. The van der Waals surface area contributed by atoms with Crippen LogP contribution in [-0.2, 0) is 19.5 Å². The summed E-state index contributed by atoms with van der Waals surface area (Å²) in [7, 11) is 0. The van der Waals surface area contributed by atoms with Crippen LogP contribution in [0.1, 0.15) is 56.7 Å². The molecule has 0 radical (unpaired) electrons. The van der Waals surface area contributed by atoms with Crippen LogP contribution in [0.5, 0.6) is 0 Å². The van der Waals surface area contributed by atoms with E-state index in [-0.39, 0.29) is 11.9 Å². The second-order valence-electron chi connectivity index (χ2n) is 8.48. The summed E-state index contributed by atoms with van der Waals surface area (Å²) >= 11 is 0. The summed E-state index contributed by atoms with van der Waals surface area (Å²) < 4.78 is 0. The molecule has 1 unspecified atom stereocenters. The van der Waals surface area contributed by atoms with Crippen LogP contribution in [0.15, 0.2) is 66.7 Å². The van der Waals surface area contributed by atoms with Gasteiger partial charge < -0.3 is 5.32 Å². The molecule has 1 aliphatic rings. The summed E-state index contributed by atoms with van der Waals surface area (Å²) in [6.07, 6.45) is 1.10. The highest BCUT2D eigenvalue weighted by molar-refractivity contribution is 5.94. The third-order valence-corrected chi connectivity index (χ3v) is 6.08. The van der Waals surface area contributed by atoms with Gasteiger partial charge in [0.1, 0.15) is 0 Å². The van der Waals surface area contributed by atoms with Gasteiger partial charge >= 0.3 is 0 Å². The number of carbonyl (C=O) groups excluding carboxylic acids is 1. The Hall–Kier alpha value is -2.91. The molecule has 3 heteroatoms. The molecule has 1 N–H and O–H groups in total. The Kier molecular flexibility index (Phi) is 6.01. The molecule has 0 fully saturated rings. The Bertz CT molecular complexity index is 1040. The molecule has 0 bridgehead atoms. The number of nitrogens with one attached hydrogen (secondary N) is 1. The van der Waals surface area contributed by atoms with Crippen LogP contribution >= 0.6 is 0 Å². The molecular weight excluding hydrogens is 368 g/mol. The molecule has 3 nitrogen and oxygen atoms in total. The maximum absolute atomic E-state index is 12.7. The fourth-order valence-corrected chi connectivity index (χ4v) is 4.29. The maximum atomic E-state index is 12.7. The summed E-state index contributed by atoms with van der Waals surface area (Å²) in [5.41, 5.74) is 8.44. The summed E-state index contributed by atoms with van der Waals surface area (Å²) in [6, 6.07) is 23.1. The van der Waals surface area contributed by atoms with Crippen molar-refractivity contribution in [3.05, 3.63) is 106 Å². The number of aryl methyl sites for hydroxylation is 2. The average molecular weight is 399 g/mol. The second kappa shape index (κ2) is 8.85. The lowest BCUT2D eigenvalue weighted by Gasteiger charge is -2.28. The van der Waals surface area contributed by atoms with Crippen molar-refractivity contribution in [3.8, 4) is 0 Å². The fourth-order valence-electron chi connectivity index (χ4n) is 4.29. The molecule has 30 heavy (non-hydrogen) atoms. The number of rotatable bonds is 5. The second-order valence-corrected chi connectivity index (χ2v) is 8.48. The molecule has 1 aliphatic heterocycles. The van der Waals surface area contributed by atoms with Crippen LogP contribution in [0.2, 0.25) is 0 Å². The first-order chi connectivity index (χ1) is 14.5. The number of hydrogen-bond acceptors (Lipinski definition) is 2. The van der Waals surface area contributed by atoms with Crippen molar-refractivity contribution in [2.75, 3.05) is 6.54 Å². The average Bonchev–Trinajstić information content (AvgIpc) is 2.75. The van der Waals surface area contributed by atoms with E-state index in [0.717, 1.165) is 26.1 Å². The van der Waals surface area contributed by atoms with Crippen LogP contribution in [0, 0.1) is 13.8 Å². The maximum Gasteiger partial charge on any atom is 0.251 e. The number of hydrogen-bond donors (Lipinski definition) is 1. The molecule has 0 aromatic heterocycles. The van der Waals surface area contributed by atoms with E-state index in [0.29, 0.717) is 5.56 Å². The molecule has 1 heterocycles. The van der Waals surface area contributed by atoms with Crippen molar-refractivity contribution in [3.63, 3.8) is 0 Å². The molecule has 0 saturated heterocycles. The van der Waals surface area contributed by atoms with Crippen molar-refractivity contribution >= 4 is 5.91 Å². The van der Waals surface area contributed by atoms with E-state index in [1.54, 1.807) is 0 Å². The minimum absolute atomic E-state index is 0.0227. The Morgan fingerprint density at radius 2 is 1.73 bits per heavy atom. The molecule has 0 saturated carbocycles. The summed E-state index contributed by atoms with van der Waals surface area (Å²) in [6.45, 7) is 9.19. The Morgan fingerprint density at radius 3 is 2.50 bits per heavy atom. The first-order valence-corrected chi connectivity index (χ1v) is 10.8. The number of amides is 1. The van der Waals surface area contributed by atoms with Crippen LogP contribution in [0.25, 0.3) is 0 Å². The summed E-state index contributed by atoms with van der Waals surface area (Å²) in [5.74, 6) is -0.0261. The third-order valence-electron chi connectivity index (χ3n) is 6.08. The molecule has 1 atom stereocenters. The van der Waals surface area contributed by atoms with Gasteiger partial charge in [0.25, 0.3) is 5.91 Å². The van der Waals surface area contributed by atoms with Gasteiger partial charge in [0, 0.05) is 25.2 Å². The first kappa shape index (κ1) is 20.4. The van der Waals surface area contributed by atoms with E-state index >= 15 is 0 Å². The number of benzene rings is 3. The van der Waals surface area contributed by atoms with Crippen molar-refractivity contribution in [1.82, 2.24) is 10.2 Å². The highest BCUT2D eigenvalue weighted by Crippen LogP contribution is 2.21. The van der Waals surface area contributed by atoms with Gasteiger partial charge in [-0.2, -0.15) is 0 Å². The first-order valence-electron chi connectivity index (χ1n) is 10.8. The number of fused-ring (bicyclic) bond motifs is 1. The van der Waals surface area contributed by atoms with Crippen molar-refractivity contribution < 1.29 is 4.79 Å². The molecule has 3 aromatic carbocycles. The van der Waals surface area contributed by atoms with E-state index in [2.05, 4.69) is 78.7 Å². The zero-order valence-electron chi connectivity index (χ0n) is 18.1. The summed E-state index contributed by atoms with van der Waals surface area (Å²) in [5, 5.41) is 3.14. The van der Waals surface area contributed by atoms with Gasteiger partial charge in [0.2, 0.25) is 0 Å². The SMILES string of the molecule is Cc1ccc(C)c(C(C)NC(=O)c2ccc(CN3CCc4ccccc4C3)cc2)c1. The van der Waals surface area contributed by atoms with Gasteiger partial charge in [-0.15, -0.1) is 0 Å². The van der Waals surface area contributed by atoms with Gasteiger partial charge in [0.05, 0.1) is 6.04 Å². The minimum Gasteiger partial charge on any atom is -0.346 e. The predicted octanol–water partition coefficient (Wildman–Crippen LogP) is 5.35. The third kappa shape index (κ3) is 4.63. The number of nitrogens with zero attached hydrogens (tertiary/aromatic N) is 1. The molecule has 0 aliphatic carbocycles. The molecule has 1 amide bonds. The standard InChI is InChI=1S/C27H30N2O/c1-19-8-9-20(2)26(16-19)21(3)28-27(30)24-12-10-22(11-13-24)17-29-15-14-23-6-4-5-7-25(23)18-29/h4-13,16,21H,14-15,17-18H2,1-3H3,(H,28,30). The van der Waals surface area contributed by atoms with Gasteiger partial charge in [0.15, 0.2) is 0 Å². The van der Waals surface area contributed by atoms with Crippen LogP contribution < -0.4 is 5.32 Å². The van der Waals surface area contributed by atoms with Gasteiger partial charge in [-0.1, -0.05) is 60.2 Å². The highest BCUT2D eigenvalue weighted by atomic mass is 16.1. The monoisotopic (exact) mass is 398 g/mol. The van der Waals surface area contributed by atoms with Crippen molar-refractivity contribution in [2.24, 2.45) is 0 Å². The van der Waals surface area contributed by atoms with E-state index in [9.17, 15) is 4.79 Å². The van der Waals surface area contributed by atoms with Gasteiger partial charge in [-0.05, 0) is 67.1 Å². The normalized spacial score (nSPS) is 14.8. The van der Waals surface area contributed by atoms with Crippen molar-refractivity contribution in [2.45, 2.75) is 46.3 Å². The lowest BCUT2D eigenvalue weighted by atomic mass is 9.99. The highest BCUT2D eigenvalue weighted by Gasteiger charge is 2.17. The molecular formula is C27H30N2O. The van der Waals surface area contributed by atoms with Gasteiger partial charge in [-0.25, -0.2) is 0 Å².